The number of halogens is 3. The molecule has 0 atom stereocenters. The molecule has 74 valence electrons. The quantitative estimate of drug-likeness (QED) is 0.602. The molecule has 1 aromatic rings. The van der Waals surface area contributed by atoms with Crippen LogP contribution >= 0.6 is 15.9 Å². The third-order valence-electron chi connectivity index (χ3n) is 1.57. The molecule has 0 saturated heterocycles. The van der Waals surface area contributed by atoms with Crippen molar-refractivity contribution in [2.75, 3.05) is 0 Å². The Labute approximate surface area is 88.6 Å². The zero-order valence-corrected chi connectivity index (χ0v) is 8.72. The zero-order valence-electron chi connectivity index (χ0n) is 7.14. The van der Waals surface area contributed by atoms with Crippen molar-refractivity contribution in [1.29, 1.82) is 0 Å². The van der Waals surface area contributed by atoms with E-state index in [1.54, 1.807) is 0 Å². The Balaban J connectivity index is 2.97. The number of carbonyl (C=O) groups excluding carboxylic acids is 1. The largest absolute Gasteiger partial charge is 0.303 e. The van der Waals surface area contributed by atoms with Crippen molar-refractivity contribution in [3.63, 3.8) is 0 Å². The van der Waals surface area contributed by atoms with Crippen LogP contribution in [0.15, 0.2) is 22.7 Å². The van der Waals surface area contributed by atoms with Crippen LogP contribution in [-0.2, 0) is 4.79 Å². The van der Waals surface area contributed by atoms with Crippen LogP contribution in [0.1, 0.15) is 12.0 Å². The van der Waals surface area contributed by atoms with Crippen LogP contribution in [0.4, 0.5) is 8.78 Å². The minimum Gasteiger partial charge on any atom is -0.303 e. The van der Waals surface area contributed by atoms with E-state index >= 15 is 0 Å². The van der Waals surface area contributed by atoms with Crippen LogP contribution in [0.2, 0.25) is 0 Å². The summed E-state index contributed by atoms with van der Waals surface area (Å²) in [6.45, 7) is 0. The van der Waals surface area contributed by atoms with Crippen molar-refractivity contribution in [2.45, 2.75) is 6.42 Å². The molecule has 0 bridgehead atoms. The molecule has 0 aromatic heterocycles. The van der Waals surface area contributed by atoms with E-state index in [0.717, 1.165) is 12.1 Å². The first kappa shape index (κ1) is 11.0. The molecule has 0 aliphatic carbocycles. The van der Waals surface area contributed by atoms with Crippen LogP contribution in [-0.4, -0.2) is 6.29 Å². The molecule has 0 N–H and O–H groups in total. The van der Waals surface area contributed by atoms with Crippen molar-refractivity contribution in [1.82, 2.24) is 0 Å². The summed E-state index contributed by atoms with van der Waals surface area (Å²) in [6.07, 6.45) is 3.72. The van der Waals surface area contributed by atoms with Crippen LogP contribution in [0.25, 0.3) is 6.08 Å². The Hall–Kier alpha value is -1.03. The van der Waals surface area contributed by atoms with E-state index in [2.05, 4.69) is 15.9 Å². The number of benzene rings is 1. The van der Waals surface area contributed by atoms with E-state index in [1.807, 2.05) is 0 Å². The van der Waals surface area contributed by atoms with Gasteiger partial charge in [0.2, 0.25) is 0 Å². The van der Waals surface area contributed by atoms with Crippen molar-refractivity contribution in [3.8, 4) is 0 Å². The standard InChI is InChI=1S/C10H7BrF2O/c11-8-6-9(12)7(5-10(8)13)3-1-2-4-14/h1,3-6H,2H2. The Morgan fingerprint density at radius 2 is 2.00 bits per heavy atom. The predicted molar refractivity (Wildman–Crippen MR) is 53.8 cm³/mol. The summed E-state index contributed by atoms with van der Waals surface area (Å²) in [6, 6.07) is 2.12. The minimum atomic E-state index is -0.530. The van der Waals surface area contributed by atoms with Crippen LogP contribution < -0.4 is 0 Å². The van der Waals surface area contributed by atoms with Crippen molar-refractivity contribution >= 4 is 28.3 Å². The highest BCUT2D eigenvalue weighted by Crippen LogP contribution is 2.20. The number of aldehydes is 1. The average molecular weight is 261 g/mol. The summed E-state index contributed by atoms with van der Waals surface area (Å²) < 4.78 is 26.2. The summed E-state index contributed by atoms with van der Waals surface area (Å²) in [5.41, 5.74) is 0.132. The predicted octanol–water partition coefficient (Wildman–Crippen LogP) is 3.33. The molecule has 4 heteroatoms. The first-order valence-corrected chi connectivity index (χ1v) is 4.69. The van der Waals surface area contributed by atoms with Gasteiger partial charge in [-0.15, -0.1) is 0 Å². The fourth-order valence-corrected chi connectivity index (χ4v) is 1.23. The second kappa shape index (κ2) is 5.00. The second-order valence-corrected chi connectivity index (χ2v) is 3.45. The smallest absolute Gasteiger partial charge is 0.138 e. The summed E-state index contributed by atoms with van der Waals surface area (Å²) in [7, 11) is 0. The highest BCUT2D eigenvalue weighted by atomic mass is 79.9. The third-order valence-corrected chi connectivity index (χ3v) is 2.18. The topological polar surface area (TPSA) is 17.1 Å². The van der Waals surface area contributed by atoms with Gasteiger partial charge in [0.15, 0.2) is 0 Å². The van der Waals surface area contributed by atoms with E-state index in [9.17, 15) is 13.6 Å². The fraction of sp³-hybridized carbons (Fsp3) is 0.100. The van der Waals surface area contributed by atoms with Gasteiger partial charge in [-0.2, -0.15) is 0 Å². The lowest BCUT2D eigenvalue weighted by Crippen LogP contribution is -1.86. The Morgan fingerprint density at radius 3 is 2.64 bits per heavy atom. The number of rotatable bonds is 3. The maximum atomic E-state index is 13.1. The van der Waals surface area contributed by atoms with Gasteiger partial charge in [-0.05, 0) is 28.1 Å². The van der Waals surface area contributed by atoms with Gasteiger partial charge in [-0.1, -0.05) is 12.2 Å². The molecule has 0 radical (unpaired) electrons. The third kappa shape index (κ3) is 2.73. The van der Waals surface area contributed by atoms with Crippen molar-refractivity contribution in [3.05, 3.63) is 39.9 Å². The highest BCUT2D eigenvalue weighted by molar-refractivity contribution is 9.10. The second-order valence-electron chi connectivity index (χ2n) is 2.59. The molecule has 1 aromatic carbocycles. The summed E-state index contributed by atoms with van der Waals surface area (Å²) in [5, 5.41) is 0. The van der Waals surface area contributed by atoms with E-state index < -0.39 is 11.6 Å². The molecule has 14 heavy (non-hydrogen) atoms. The average Bonchev–Trinajstić information content (AvgIpc) is 2.14. The number of carbonyl (C=O) groups is 1. The lowest BCUT2D eigenvalue weighted by atomic mass is 10.2. The van der Waals surface area contributed by atoms with E-state index in [-0.39, 0.29) is 16.5 Å². The molecule has 0 fully saturated rings. The Kier molecular flexibility index (Phi) is 3.95. The fourth-order valence-electron chi connectivity index (χ4n) is 0.916. The summed E-state index contributed by atoms with van der Waals surface area (Å²) in [5.74, 6) is -1.06. The lowest BCUT2D eigenvalue weighted by molar-refractivity contribution is -0.107. The monoisotopic (exact) mass is 260 g/mol. The van der Waals surface area contributed by atoms with Gasteiger partial charge in [0.1, 0.15) is 17.9 Å². The molecular weight excluding hydrogens is 254 g/mol. The maximum absolute atomic E-state index is 13.1. The Morgan fingerprint density at radius 1 is 1.29 bits per heavy atom. The van der Waals surface area contributed by atoms with Gasteiger partial charge in [0, 0.05) is 12.0 Å². The van der Waals surface area contributed by atoms with Crippen LogP contribution in [0.5, 0.6) is 0 Å². The number of hydrogen-bond acceptors (Lipinski definition) is 1. The molecule has 0 spiro atoms. The number of allylic oxidation sites excluding steroid dienone is 1. The van der Waals surface area contributed by atoms with Gasteiger partial charge >= 0.3 is 0 Å². The molecule has 0 aliphatic heterocycles. The zero-order chi connectivity index (χ0) is 10.6. The molecule has 0 amide bonds. The van der Waals surface area contributed by atoms with Gasteiger partial charge in [0.05, 0.1) is 4.47 Å². The molecule has 0 aliphatic rings. The minimum absolute atomic E-state index is 0.0857. The Bertz CT molecular complexity index is 375. The van der Waals surface area contributed by atoms with E-state index in [4.69, 9.17) is 0 Å². The van der Waals surface area contributed by atoms with Gasteiger partial charge in [-0.25, -0.2) is 8.78 Å². The van der Waals surface area contributed by atoms with E-state index in [1.165, 1.54) is 12.2 Å². The normalized spacial score (nSPS) is 10.8. The van der Waals surface area contributed by atoms with E-state index in [0.29, 0.717) is 6.29 Å². The van der Waals surface area contributed by atoms with Crippen LogP contribution in [0.3, 0.4) is 0 Å². The maximum Gasteiger partial charge on any atom is 0.138 e. The summed E-state index contributed by atoms with van der Waals surface area (Å²) in [4.78, 5) is 9.97. The highest BCUT2D eigenvalue weighted by Gasteiger charge is 2.05. The summed E-state index contributed by atoms with van der Waals surface area (Å²) >= 11 is 2.87. The first-order chi connectivity index (χ1) is 6.65. The number of hydrogen-bond donors (Lipinski definition) is 0. The molecule has 0 saturated carbocycles. The van der Waals surface area contributed by atoms with Gasteiger partial charge < -0.3 is 4.79 Å². The van der Waals surface area contributed by atoms with Crippen molar-refractivity contribution in [2.24, 2.45) is 0 Å². The molecule has 0 unspecified atom stereocenters. The lowest BCUT2D eigenvalue weighted by Gasteiger charge is -1.99. The molecule has 0 heterocycles. The van der Waals surface area contributed by atoms with Gasteiger partial charge in [-0.3, -0.25) is 0 Å². The SMILES string of the molecule is O=CCC=Cc1cc(F)c(Br)cc1F. The van der Waals surface area contributed by atoms with Crippen LogP contribution in [0, 0.1) is 11.6 Å². The molecule has 1 rings (SSSR count). The molecular formula is C10H7BrF2O. The molecule has 1 nitrogen and oxygen atoms in total. The van der Waals surface area contributed by atoms with Crippen molar-refractivity contribution < 1.29 is 13.6 Å². The van der Waals surface area contributed by atoms with Gasteiger partial charge in [0.25, 0.3) is 0 Å². The first-order valence-electron chi connectivity index (χ1n) is 3.90.